The van der Waals surface area contributed by atoms with Crippen LogP contribution in [0.2, 0.25) is 0 Å². The van der Waals surface area contributed by atoms with E-state index in [2.05, 4.69) is 15.4 Å². The van der Waals surface area contributed by atoms with Crippen LogP contribution in [0.15, 0.2) is 5.10 Å². The molecular weight excluding hydrogens is 284 g/mol. The summed E-state index contributed by atoms with van der Waals surface area (Å²) in [6, 6.07) is 0. The molecule has 2 rings (SSSR count). The maximum atomic E-state index is 12.3. The number of hydrogen-bond donors (Lipinski definition) is 1. The molecule has 2 amide bonds. The van der Waals surface area contributed by atoms with E-state index in [0.29, 0.717) is 51.3 Å². The number of Topliss-reactive ketones (excluding diaryl/α,β-unsaturated/α-hetero) is 1. The Bertz CT molecular complexity index is 499. The third-order valence-electron chi connectivity index (χ3n) is 4.01. The van der Waals surface area contributed by atoms with Crippen molar-refractivity contribution in [3.63, 3.8) is 0 Å². The Morgan fingerprint density at radius 2 is 1.77 bits per heavy atom. The van der Waals surface area contributed by atoms with E-state index in [1.54, 1.807) is 4.90 Å². The van der Waals surface area contributed by atoms with Crippen LogP contribution >= 0.6 is 0 Å². The van der Waals surface area contributed by atoms with Crippen molar-refractivity contribution in [2.75, 3.05) is 32.7 Å². The molecule has 7 heteroatoms. The zero-order chi connectivity index (χ0) is 16.3. The molecule has 0 bridgehead atoms. The number of nitrogens with one attached hydrogen (secondary N) is 1. The highest BCUT2D eigenvalue weighted by molar-refractivity contribution is 6.39. The van der Waals surface area contributed by atoms with Crippen molar-refractivity contribution < 1.29 is 14.4 Å². The zero-order valence-corrected chi connectivity index (χ0v) is 13.5. The molecule has 0 aliphatic carbocycles. The average molecular weight is 308 g/mol. The number of amides is 2. The number of piperazine rings is 1. The van der Waals surface area contributed by atoms with Crippen LogP contribution in [0.4, 0.5) is 0 Å². The topological polar surface area (TPSA) is 82.1 Å². The number of hydrazone groups is 1. The van der Waals surface area contributed by atoms with Crippen LogP contribution in [0.25, 0.3) is 0 Å². The summed E-state index contributed by atoms with van der Waals surface area (Å²) in [7, 11) is 0. The third-order valence-corrected chi connectivity index (χ3v) is 4.01. The first-order valence-corrected chi connectivity index (χ1v) is 7.67. The Labute approximate surface area is 130 Å². The SMILES string of the molecule is CC(C)(C)C(=O)CN1CCN(C(=O)C2=NNC(=O)CC2)CC1. The monoisotopic (exact) mass is 308 g/mol. The summed E-state index contributed by atoms with van der Waals surface area (Å²) >= 11 is 0. The van der Waals surface area contributed by atoms with Crippen LogP contribution in [-0.2, 0) is 14.4 Å². The molecule has 2 aliphatic rings. The minimum Gasteiger partial charge on any atom is -0.335 e. The Morgan fingerprint density at radius 1 is 1.14 bits per heavy atom. The molecule has 0 radical (unpaired) electrons. The molecule has 0 atom stereocenters. The van der Waals surface area contributed by atoms with Gasteiger partial charge in [-0.2, -0.15) is 5.10 Å². The second kappa shape index (κ2) is 6.56. The Morgan fingerprint density at radius 3 is 2.27 bits per heavy atom. The number of carbonyl (C=O) groups excluding carboxylic acids is 3. The van der Waals surface area contributed by atoms with Gasteiger partial charge in [-0.25, -0.2) is 5.43 Å². The molecule has 0 spiro atoms. The first-order chi connectivity index (χ1) is 10.3. The summed E-state index contributed by atoms with van der Waals surface area (Å²) in [6.07, 6.45) is 0.706. The number of ketones is 1. The number of carbonyl (C=O) groups is 3. The minimum absolute atomic E-state index is 0.109. The maximum absolute atomic E-state index is 12.3. The first kappa shape index (κ1) is 16.6. The van der Waals surface area contributed by atoms with E-state index in [-0.39, 0.29) is 23.0 Å². The normalized spacial score (nSPS) is 20.4. The quantitative estimate of drug-likeness (QED) is 0.796. The molecular formula is C15H24N4O3. The molecule has 2 heterocycles. The average Bonchev–Trinajstić information content (AvgIpc) is 2.47. The fourth-order valence-electron chi connectivity index (χ4n) is 2.36. The highest BCUT2D eigenvalue weighted by Gasteiger charge is 2.29. The van der Waals surface area contributed by atoms with Crippen molar-refractivity contribution in [3.8, 4) is 0 Å². The predicted octanol–water partition coefficient (Wildman–Crippen LogP) is 0.0118. The zero-order valence-electron chi connectivity index (χ0n) is 13.5. The van der Waals surface area contributed by atoms with E-state index in [1.165, 1.54) is 0 Å². The van der Waals surface area contributed by atoms with E-state index >= 15 is 0 Å². The smallest absolute Gasteiger partial charge is 0.270 e. The van der Waals surface area contributed by atoms with Crippen LogP contribution in [0.3, 0.4) is 0 Å². The van der Waals surface area contributed by atoms with E-state index < -0.39 is 0 Å². The van der Waals surface area contributed by atoms with E-state index in [4.69, 9.17) is 0 Å². The predicted molar refractivity (Wildman–Crippen MR) is 82.3 cm³/mol. The van der Waals surface area contributed by atoms with Gasteiger partial charge in [0.15, 0.2) is 5.78 Å². The number of hydrogen-bond acceptors (Lipinski definition) is 5. The minimum atomic E-state index is -0.331. The number of nitrogens with zero attached hydrogens (tertiary/aromatic N) is 3. The summed E-state index contributed by atoms with van der Waals surface area (Å²) in [5, 5.41) is 3.84. The van der Waals surface area contributed by atoms with Gasteiger partial charge in [-0.3, -0.25) is 19.3 Å². The van der Waals surface area contributed by atoms with Gasteiger partial charge in [-0.1, -0.05) is 20.8 Å². The standard InChI is InChI=1S/C15H24N4O3/c1-15(2,3)12(20)10-18-6-8-19(9-7-18)14(22)11-4-5-13(21)17-16-11/h4-10H2,1-3H3,(H,17,21). The molecule has 0 aromatic heterocycles. The molecule has 22 heavy (non-hydrogen) atoms. The van der Waals surface area contributed by atoms with Gasteiger partial charge >= 0.3 is 0 Å². The van der Waals surface area contributed by atoms with Gasteiger partial charge in [-0.15, -0.1) is 0 Å². The Kier molecular flexibility index (Phi) is 4.95. The van der Waals surface area contributed by atoms with Crippen LogP contribution < -0.4 is 5.43 Å². The Balaban J connectivity index is 1.83. The summed E-state index contributed by atoms with van der Waals surface area (Å²) < 4.78 is 0. The fourth-order valence-corrected chi connectivity index (χ4v) is 2.36. The lowest BCUT2D eigenvalue weighted by molar-refractivity contribution is -0.129. The van der Waals surface area contributed by atoms with E-state index in [1.807, 2.05) is 20.8 Å². The fraction of sp³-hybridized carbons (Fsp3) is 0.733. The van der Waals surface area contributed by atoms with E-state index in [0.717, 1.165) is 0 Å². The Hall–Kier alpha value is -1.76. The lowest BCUT2D eigenvalue weighted by Crippen LogP contribution is -2.52. The van der Waals surface area contributed by atoms with Crippen molar-refractivity contribution in [3.05, 3.63) is 0 Å². The lowest BCUT2D eigenvalue weighted by atomic mass is 9.90. The summed E-state index contributed by atoms with van der Waals surface area (Å²) in [5.74, 6) is -0.0458. The van der Waals surface area contributed by atoms with Crippen LogP contribution in [0, 0.1) is 5.41 Å². The van der Waals surface area contributed by atoms with Crippen LogP contribution in [0.5, 0.6) is 0 Å². The van der Waals surface area contributed by atoms with Crippen molar-refractivity contribution >= 4 is 23.3 Å². The van der Waals surface area contributed by atoms with Gasteiger partial charge in [0.25, 0.3) is 5.91 Å². The van der Waals surface area contributed by atoms with Crippen molar-refractivity contribution in [1.29, 1.82) is 0 Å². The van der Waals surface area contributed by atoms with Crippen molar-refractivity contribution in [2.45, 2.75) is 33.6 Å². The first-order valence-electron chi connectivity index (χ1n) is 7.67. The highest BCUT2D eigenvalue weighted by Crippen LogP contribution is 2.16. The lowest BCUT2D eigenvalue weighted by Gasteiger charge is -2.35. The summed E-state index contributed by atoms with van der Waals surface area (Å²) in [4.78, 5) is 39.2. The molecule has 1 N–H and O–H groups in total. The molecule has 0 aromatic rings. The maximum Gasteiger partial charge on any atom is 0.270 e. The van der Waals surface area contributed by atoms with Crippen molar-refractivity contribution in [1.82, 2.24) is 15.2 Å². The summed E-state index contributed by atoms with van der Waals surface area (Å²) in [6.45, 7) is 8.75. The third kappa shape index (κ3) is 4.13. The second-order valence-corrected chi connectivity index (χ2v) is 6.84. The molecule has 0 saturated carbocycles. The molecule has 0 aromatic carbocycles. The number of rotatable bonds is 3. The molecule has 0 unspecified atom stereocenters. The van der Waals surface area contributed by atoms with Gasteiger partial charge in [0.2, 0.25) is 5.91 Å². The molecule has 1 fully saturated rings. The largest absolute Gasteiger partial charge is 0.335 e. The van der Waals surface area contributed by atoms with Gasteiger partial charge in [-0.05, 0) is 0 Å². The molecule has 7 nitrogen and oxygen atoms in total. The molecule has 1 saturated heterocycles. The summed E-state index contributed by atoms with van der Waals surface area (Å²) in [5.41, 5.74) is 2.43. The van der Waals surface area contributed by atoms with Gasteiger partial charge in [0, 0.05) is 44.4 Å². The molecule has 122 valence electrons. The van der Waals surface area contributed by atoms with E-state index in [9.17, 15) is 14.4 Å². The highest BCUT2D eigenvalue weighted by atomic mass is 16.2. The molecule has 2 aliphatic heterocycles. The van der Waals surface area contributed by atoms with Crippen LogP contribution in [0.1, 0.15) is 33.6 Å². The van der Waals surface area contributed by atoms with Gasteiger partial charge in [0.1, 0.15) is 5.71 Å². The second-order valence-electron chi connectivity index (χ2n) is 6.84. The van der Waals surface area contributed by atoms with Crippen LogP contribution in [-0.4, -0.2) is 65.8 Å². The van der Waals surface area contributed by atoms with Gasteiger partial charge in [0.05, 0.1) is 6.54 Å². The van der Waals surface area contributed by atoms with Crippen molar-refractivity contribution in [2.24, 2.45) is 10.5 Å². The van der Waals surface area contributed by atoms with Gasteiger partial charge < -0.3 is 4.90 Å².